The predicted octanol–water partition coefficient (Wildman–Crippen LogP) is 2.79. The van der Waals surface area contributed by atoms with Crippen molar-refractivity contribution in [3.8, 4) is 0 Å². The van der Waals surface area contributed by atoms with Crippen molar-refractivity contribution < 1.29 is 14.4 Å². The molecular formula is C21H22N4O3. The van der Waals surface area contributed by atoms with Crippen molar-refractivity contribution in [2.75, 3.05) is 17.4 Å². The van der Waals surface area contributed by atoms with Crippen LogP contribution in [0.3, 0.4) is 0 Å². The van der Waals surface area contributed by atoms with E-state index in [0.29, 0.717) is 30.1 Å². The van der Waals surface area contributed by atoms with Gasteiger partial charge in [0, 0.05) is 39.0 Å². The Balaban J connectivity index is 1.74. The van der Waals surface area contributed by atoms with Gasteiger partial charge in [-0.3, -0.25) is 14.4 Å². The number of nitrogens with zero attached hydrogens (tertiary/aromatic N) is 3. The highest BCUT2D eigenvalue weighted by Crippen LogP contribution is 2.20. The molecule has 2 aromatic rings. The van der Waals surface area contributed by atoms with E-state index in [2.05, 4.69) is 10.4 Å². The molecule has 0 radical (unpaired) electrons. The fraction of sp³-hybridized carbons (Fsp3) is 0.238. The van der Waals surface area contributed by atoms with E-state index in [1.165, 1.54) is 11.9 Å². The van der Waals surface area contributed by atoms with Gasteiger partial charge in [-0.1, -0.05) is 30.3 Å². The fourth-order valence-corrected chi connectivity index (χ4v) is 2.82. The molecule has 0 saturated carbocycles. The zero-order valence-corrected chi connectivity index (χ0v) is 15.9. The lowest BCUT2D eigenvalue weighted by molar-refractivity contribution is -0.128. The maximum Gasteiger partial charge on any atom is 0.271 e. The molecule has 7 nitrogen and oxygen atoms in total. The van der Waals surface area contributed by atoms with Gasteiger partial charge in [0.05, 0.1) is 5.69 Å². The van der Waals surface area contributed by atoms with E-state index in [1.807, 2.05) is 36.4 Å². The summed E-state index contributed by atoms with van der Waals surface area (Å²) in [5.41, 5.74) is 2.45. The molecule has 0 atom stereocenters. The first-order valence-electron chi connectivity index (χ1n) is 9.01. The molecule has 3 amide bonds. The standard InChI is InChI=1S/C21H22N4O3/c1-15(26)24(2)14-16-7-6-8-17(13-16)22-21(28)19-11-12-20(27)25(23-19)18-9-4-3-5-10-18/h3-10,13H,11-12,14H2,1-2H3,(H,22,28). The molecule has 28 heavy (non-hydrogen) atoms. The first-order valence-corrected chi connectivity index (χ1v) is 9.01. The number of rotatable bonds is 5. The number of amides is 3. The van der Waals surface area contributed by atoms with Gasteiger partial charge in [0.1, 0.15) is 5.71 Å². The van der Waals surface area contributed by atoms with Crippen LogP contribution in [0.25, 0.3) is 0 Å². The van der Waals surface area contributed by atoms with Crippen molar-refractivity contribution in [1.82, 2.24) is 4.90 Å². The van der Waals surface area contributed by atoms with Crippen LogP contribution < -0.4 is 10.3 Å². The van der Waals surface area contributed by atoms with Crippen molar-refractivity contribution in [3.05, 3.63) is 60.2 Å². The molecule has 144 valence electrons. The number of benzene rings is 2. The van der Waals surface area contributed by atoms with Crippen molar-refractivity contribution >= 4 is 34.8 Å². The van der Waals surface area contributed by atoms with E-state index in [9.17, 15) is 14.4 Å². The van der Waals surface area contributed by atoms with Gasteiger partial charge in [0.25, 0.3) is 5.91 Å². The molecule has 0 aromatic heterocycles. The number of hydrogen-bond acceptors (Lipinski definition) is 4. The minimum Gasteiger partial charge on any atom is -0.342 e. The molecule has 1 N–H and O–H groups in total. The Kier molecular flexibility index (Phi) is 5.84. The summed E-state index contributed by atoms with van der Waals surface area (Å²) >= 11 is 0. The second kappa shape index (κ2) is 8.47. The van der Waals surface area contributed by atoms with Gasteiger partial charge in [-0.25, -0.2) is 5.01 Å². The highest BCUT2D eigenvalue weighted by atomic mass is 16.2. The normalized spacial score (nSPS) is 13.7. The summed E-state index contributed by atoms with van der Waals surface area (Å²) in [7, 11) is 1.72. The highest BCUT2D eigenvalue weighted by Gasteiger charge is 2.25. The van der Waals surface area contributed by atoms with E-state index < -0.39 is 0 Å². The largest absolute Gasteiger partial charge is 0.342 e. The summed E-state index contributed by atoms with van der Waals surface area (Å²) in [6.07, 6.45) is 0.519. The van der Waals surface area contributed by atoms with Crippen molar-refractivity contribution in [1.29, 1.82) is 0 Å². The maximum absolute atomic E-state index is 12.6. The minimum atomic E-state index is -0.342. The van der Waals surface area contributed by atoms with Crippen LogP contribution in [0, 0.1) is 0 Å². The fourth-order valence-electron chi connectivity index (χ4n) is 2.82. The minimum absolute atomic E-state index is 0.0309. The van der Waals surface area contributed by atoms with E-state index in [0.717, 1.165) is 5.56 Å². The number of hydrogen-bond donors (Lipinski definition) is 1. The molecule has 1 aliphatic rings. The van der Waals surface area contributed by atoms with Crippen LogP contribution in [0.15, 0.2) is 59.7 Å². The second-order valence-corrected chi connectivity index (χ2v) is 6.62. The third-order valence-corrected chi connectivity index (χ3v) is 4.44. The summed E-state index contributed by atoms with van der Waals surface area (Å²) in [5, 5.41) is 8.36. The molecule has 0 bridgehead atoms. The van der Waals surface area contributed by atoms with Crippen LogP contribution in [0.5, 0.6) is 0 Å². The van der Waals surface area contributed by atoms with Gasteiger partial charge in [0.2, 0.25) is 11.8 Å². The van der Waals surface area contributed by atoms with E-state index in [1.54, 1.807) is 30.1 Å². The second-order valence-electron chi connectivity index (χ2n) is 6.62. The summed E-state index contributed by atoms with van der Waals surface area (Å²) in [5.74, 6) is -0.515. The van der Waals surface area contributed by atoms with E-state index in [4.69, 9.17) is 0 Å². The zero-order chi connectivity index (χ0) is 20.1. The molecule has 0 fully saturated rings. The molecule has 0 saturated heterocycles. The van der Waals surface area contributed by atoms with Crippen LogP contribution >= 0.6 is 0 Å². The average molecular weight is 378 g/mol. The van der Waals surface area contributed by atoms with Gasteiger partial charge in [0.15, 0.2) is 0 Å². The lowest BCUT2D eigenvalue weighted by Crippen LogP contribution is -2.36. The van der Waals surface area contributed by atoms with Gasteiger partial charge >= 0.3 is 0 Å². The molecule has 0 unspecified atom stereocenters. The van der Waals surface area contributed by atoms with Crippen molar-refractivity contribution in [2.24, 2.45) is 5.10 Å². The predicted molar refractivity (Wildman–Crippen MR) is 108 cm³/mol. The van der Waals surface area contributed by atoms with Gasteiger partial charge in [-0.05, 0) is 29.8 Å². The molecule has 1 aliphatic heterocycles. The maximum atomic E-state index is 12.6. The van der Waals surface area contributed by atoms with Gasteiger partial charge < -0.3 is 10.2 Å². The lowest BCUT2D eigenvalue weighted by atomic mass is 10.1. The summed E-state index contributed by atoms with van der Waals surface area (Å²) < 4.78 is 0. The third-order valence-electron chi connectivity index (χ3n) is 4.44. The summed E-state index contributed by atoms with van der Waals surface area (Å²) in [6.45, 7) is 1.96. The van der Waals surface area contributed by atoms with Crippen LogP contribution in [0.4, 0.5) is 11.4 Å². The number of hydrazone groups is 1. The van der Waals surface area contributed by atoms with Crippen molar-refractivity contribution in [3.63, 3.8) is 0 Å². The first-order chi connectivity index (χ1) is 13.4. The Morgan fingerprint density at radius 2 is 1.86 bits per heavy atom. The molecule has 0 spiro atoms. The Labute approximate surface area is 163 Å². The molecule has 7 heteroatoms. The van der Waals surface area contributed by atoms with Crippen LogP contribution in [-0.2, 0) is 20.9 Å². The Hall–Kier alpha value is -3.48. The van der Waals surface area contributed by atoms with Crippen molar-refractivity contribution in [2.45, 2.75) is 26.3 Å². The number of nitrogens with one attached hydrogen (secondary N) is 1. The van der Waals surface area contributed by atoms with Crippen LogP contribution in [-0.4, -0.2) is 35.4 Å². The number of carbonyl (C=O) groups excluding carboxylic acids is 3. The highest BCUT2D eigenvalue weighted by molar-refractivity contribution is 6.44. The molecule has 0 aliphatic carbocycles. The quantitative estimate of drug-likeness (QED) is 0.869. The lowest BCUT2D eigenvalue weighted by Gasteiger charge is -2.23. The Morgan fingerprint density at radius 3 is 2.57 bits per heavy atom. The Bertz CT molecular complexity index is 924. The molecular weight excluding hydrogens is 356 g/mol. The van der Waals surface area contributed by atoms with Gasteiger partial charge in [-0.15, -0.1) is 0 Å². The summed E-state index contributed by atoms with van der Waals surface area (Å²) in [4.78, 5) is 37.8. The first kappa shape index (κ1) is 19.3. The van der Waals surface area contributed by atoms with Crippen LogP contribution in [0.1, 0.15) is 25.3 Å². The SMILES string of the molecule is CC(=O)N(C)Cc1cccc(NC(=O)C2=NN(c3ccccc3)C(=O)CC2)c1. The van der Waals surface area contributed by atoms with E-state index >= 15 is 0 Å². The average Bonchev–Trinajstić information content (AvgIpc) is 2.69. The van der Waals surface area contributed by atoms with E-state index in [-0.39, 0.29) is 24.1 Å². The smallest absolute Gasteiger partial charge is 0.271 e. The molecule has 3 rings (SSSR count). The molecule has 1 heterocycles. The van der Waals surface area contributed by atoms with Crippen LogP contribution in [0.2, 0.25) is 0 Å². The topological polar surface area (TPSA) is 82.1 Å². The third kappa shape index (κ3) is 4.62. The monoisotopic (exact) mass is 378 g/mol. The number of anilines is 2. The number of para-hydroxylation sites is 1. The summed E-state index contributed by atoms with van der Waals surface area (Å²) in [6, 6.07) is 16.3. The molecule has 2 aromatic carbocycles. The number of carbonyl (C=O) groups is 3. The van der Waals surface area contributed by atoms with Gasteiger partial charge in [-0.2, -0.15) is 5.10 Å². The Morgan fingerprint density at radius 1 is 1.11 bits per heavy atom. The zero-order valence-electron chi connectivity index (χ0n) is 15.9.